The summed E-state index contributed by atoms with van der Waals surface area (Å²) in [6.45, 7) is 1.73. The van der Waals surface area contributed by atoms with Gasteiger partial charge in [0.25, 0.3) is 0 Å². The number of halogens is 2. The molecule has 0 fully saturated rings. The van der Waals surface area contributed by atoms with Crippen LogP contribution in [0.4, 0.5) is 0 Å². The molecule has 0 aromatic heterocycles. The van der Waals surface area contributed by atoms with Crippen LogP contribution >= 0.6 is 23.2 Å². The molecule has 0 aliphatic carbocycles. The van der Waals surface area contributed by atoms with Crippen molar-refractivity contribution >= 4 is 34.6 Å². The minimum Gasteiger partial charge on any atom is -0.289 e. The van der Waals surface area contributed by atoms with Crippen LogP contribution in [0.3, 0.4) is 0 Å². The lowest BCUT2D eigenvalue weighted by Crippen LogP contribution is -1.75. The molecule has 0 spiro atoms. The van der Waals surface area contributed by atoms with E-state index in [1.54, 1.807) is 6.92 Å². The first-order chi connectivity index (χ1) is 4.16. The van der Waals surface area contributed by atoms with Crippen molar-refractivity contribution < 1.29 is 0 Å². The summed E-state index contributed by atoms with van der Waals surface area (Å²) in [5.41, 5.74) is 0. The van der Waals surface area contributed by atoms with E-state index < -0.39 is 0 Å². The third kappa shape index (κ3) is 5.53. The van der Waals surface area contributed by atoms with E-state index in [-0.39, 0.29) is 10.3 Å². The maximum absolute atomic E-state index is 6.73. The van der Waals surface area contributed by atoms with Crippen molar-refractivity contribution in [2.45, 2.75) is 6.92 Å². The molecule has 4 heteroatoms. The highest BCUT2D eigenvalue weighted by molar-refractivity contribution is 6.68. The van der Waals surface area contributed by atoms with Gasteiger partial charge in [0.15, 0.2) is 0 Å². The van der Waals surface area contributed by atoms with Gasteiger partial charge < -0.3 is 0 Å². The molecule has 0 saturated carbocycles. The first kappa shape index (κ1) is 8.66. The van der Waals surface area contributed by atoms with Crippen LogP contribution in [0.1, 0.15) is 6.92 Å². The second-order valence-corrected chi connectivity index (χ2v) is 2.00. The van der Waals surface area contributed by atoms with Gasteiger partial charge in [0, 0.05) is 12.3 Å². The summed E-state index contributed by atoms with van der Waals surface area (Å²) >= 11 is 10.6. The normalized spacial score (nSPS) is 12.6. The van der Waals surface area contributed by atoms with Crippen molar-refractivity contribution in [2.24, 2.45) is 4.99 Å². The average molecular weight is 165 g/mol. The summed E-state index contributed by atoms with van der Waals surface area (Å²) in [6, 6.07) is 0. The number of allylic oxidation sites excluding steroid dienone is 1. The van der Waals surface area contributed by atoms with E-state index in [0.717, 1.165) is 0 Å². The summed E-state index contributed by atoms with van der Waals surface area (Å²) in [6.07, 6.45) is 2.78. The Labute approximate surface area is 63.7 Å². The maximum Gasteiger partial charge on any atom is 0.131 e. The number of nitrogens with one attached hydrogen (secondary N) is 1. The molecule has 0 aromatic rings. The number of nitrogens with zero attached hydrogens (tertiary/aromatic N) is 1. The highest BCUT2D eigenvalue weighted by Gasteiger charge is 1.86. The molecule has 0 atom stereocenters. The van der Waals surface area contributed by atoms with Gasteiger partial charge >= 0.3 is 0 Å². The van der Waals surface area contributed by atoms with Crippen LogP contribution in [-0.4, -0.2) is 11.4 Å². The van der Waals surface area contributed by atoms with Crippen molar-refractivity contribution in [3.8, 4) is 0 Å². The molecule has 0 saturated heterocycles. The Bertz CT molecular complexity index is 160. The molecule has 2 nitrogen and oxygen atoms in total. The van der Waals surface area contributed by atoms with Gasteiger partial charge in [-0.1, -0.05) is 23.2 Å². The molecule has 0 radical (unpaired) electrons. The van der Waals surface area contributed by atoms with Crippen molar-refractivity contribution in [2.75, 3.05) is 0 Å². The van der Waals surface area contributed by atoms with Crippen LogP contribution in [0.15, 0.2) is 16.2 Å². The van der Waals surface area contributed by atoms with Crippen molar-refractivity contribution in [1.29, 1.82) is 5.41 Å². The van der Waals surface area contributed by atoms with Crippen LogP contribution in [0, 0.1) is 5.41 Å². The fourth-order valence-corrected chi connectivity index (χ4v) is 0.631. The Morgan fingerprint density at radius 3 is 2.44 bits per heavy atom. The summed E-state index contributed by atoms with van der Waals surface area (Å²) in [7, 11) is 0. The molecule has 9 heavy (non-hydrogen) atoms. The highest BCUT2D eigenvalue weighted by atomic mass is 35.5. The molecule has 0 heterocycles. The maximum atomic E-state index is 6.73. The number of rotatable bonds is 2. The lowest BCUT2D eigenvalue weighted by atomic mass is 10.6. The van der Waals surface area contributed by atoms with Gasteiger partial charge in [0.2, 0.25) is 0 Å². The summed E-state index contributed by atoms with van der Waals surface area (Å²) < 4.78 is 0. The SMILES string of the molecule is C/C=N\C(Cl)=C/C(=N)Cl. The van der Waals surface area contributed by atoms with Gasteiger partial charge in [-0.15, -0.1) is 0 Å². The van der Waals surface area contributed by atoms with Crippen LogP contribution in [0.2, 0.25) is 0 Å². The van der Waals surface area contributed by atoms with E-state index in [4.69, 9.17) is 28.6 Å². The predicted octanol–water partition coefficient (Wildman–Crippen LogP) is 2.37. The largest absolute Gasteiger partial charge is 0.289 e. The first-order valence-corrected chi connectivity index (χ1v) is 3.02. The van der Waals surface area contributed by atoms with E-state index in [1.165, 1.54) is 12.3 Å². The molecule has 0 aromatic carbocycles. The van der Waals surface area contributed by atoms with E-state index in [2.05, 4.69) is 4.99 Å². The minimum atomic E-state index is -0.120. The number of hydrogen-bond acceptors (Lipinski definition) is 2. The van der Waals surface area contributed by atoms with E-state index in [0.29, 0.717) is 0 Å². The van der Waals surface area contributed by atoms with Gasteiger partial charge in [-0.05, 0) is 6.92 Å². The van der Waals surface area contributed by atoms with Crippen molar-refractivity contribution in [1.82, 2.24) is 0 Å². The quantitative estimate of drug-likeness (QED) is 0.481. The van der Waals surface area contributed by atoms with E-state index in [1.807, 2.05) is 0 Å². The Balaban J connectivity index is 4.00. The first-order valence-electron chi connectivity index (χ1n) is 2.26. The summed E-state index contributed by atoms with van der Waals surface area (Å²) in [5.74, 6) is 0. The standard InChI is InChI=1S/C5H6Cl2N2/c1-2-9-5(7)3-4(6)8/h2-3,8H,1H3/b5-3-,8-4?,9-2-. The summed E-state index contributed by atoms with van der Waals surface area (Å²) in [4.78, 5) is 3.64. The van der Waals surface area contributed by atoms with Crippen molar-refractivity contribution in [3.05, 3.63) is 11.2 Å². The van der Waals surface area contributed by atoms with E-state index in [9.17, 15) is 0 Å². The topological polar surface area (TPSA) is 36.2 Å². The Morgan fingerprint density at radius 1 is 1.56 bits per heavy atom. The number of aliphatic imine (C=N–C) groups is 1. The van der Waals surface area contributed by atoms with Gasteiger partial charge in [-0.2, -0.15) is 0 Å². The fraction of sp³-hybridized carbons (Fsp3) is 0.200. The van der Waals surface area contributed by atoms with Crippen molar-refractivity contribution in [3.63, 3.8) is 0 Å². The molecule has 0 amide bonds. The molecule has 0 bridgehead atoms. The zero-order valence-electron chi connectivity index (χ0n) is 4.86. The highest BCUT2D eigenvalue weighted by Crippen LogP contribution is 2.02. The van der Waals surface area contributed by atoms with Gasteiger partial charge in [-0.3, -0.25) is 5.41 Å². The lowest BCUT2D eigenvalue weighted by molar-refractivity contribution is 1.50. The zero-order chi connectivity index (χ0) is 7.28. The van der Waals surface area contributed by atoms with Crippen LogP contribution in [0.5, 0.6) is 0 Å². The molecular weight excluding hydrogens is 159 g/mol. The molecule has 0 unspecified atom stereocenters. The second kappa shape index (κ2) is 4.53. The molecule has 0 aliphatic heterocycles. The van der Waals surface area contributed by atoms with E-state index >= 15 is 0 Å². The van der Waals surface area contributed by atoms with Crippen LogP contribution in [0.25, 0.3) is 0 Å². The Hall–Kier alpha value is -0.340. The average Bonchev–Trinajstić information content (AvgIpc) is 1.63. The second-order valence-electron chi connectivity index (χ2n) is 1.20. The van der Waals surface area contributed by atoms with Crippen LogP contribution < -0.4 is 0 Å². The van der Waals surface area contributed by atoms with Gasteiger partial charge in [0.05, 0.1) is 0 Å². The third-order valence-electron chi connectivity index (χ3n) is 0.498. The third-order valence-corrected chi connectivity index (χ3v) is 0.814. The molecule has 0 aliphatic rings. The lowest BCUT2D eigenvalue weighted by Gasteiger charge is -1.83. The Kier molecular flexibility index (Phi) is 4.36. The predicted molar refractivity (Wildman–Crippen MR) is 41.7 cm³/mol. The van der Waals surface area contributed by atoms with Gasteiger partial charge in [-0.25, -0.2) is 4.99 Å². The smallest absolute Gasteiger partial charge is 0.131 e. The summed E-state index contributed by atoms with van der Waals surface area (Å²) in [5, 5.41) is 6.83. The van der Waals surface area contributed by atoms with Crippen LogP contribution in [-0.2, 0) is 0 Å². The molecular formula is C5H6Cl2N2. The van der Waals surface area contributed by atoms with Gasteiger partial charge in [0.1, 0.15) is 10.3 Å². The molecule has 1 N–H and O–H groups in total. The monoisotopic (exact) mass is 164 g/mol. The molecule has 0 rings (SSSR count). The number of hydrogen-bond donors (Lipinski definition) is 1. The minimum absolute atomic E-state index is 0.120. The fourth-order valence-electron chi connectivity index (χ4n) is 0.265. The zero-order valence-corrected chi connectivity index (χ0v) is 6.37. The Morgan fingerprint density at radius 2 is 2.11 bits per heavy atom. The molecule has 50 valence electrons.